The van der Waals surface area contributed by atoms with Gasteiger partial charge in [0.1, 0.15) is 0 Å². The van der Waals surface area contributed by atoms with E-state index in [0.717, 1.165) is 19.4 Å². The summed E-state index contributed by atoms with van der Waals surface area (Å²) in [5, 5.41) is 0. The molecule has 1 nitrogen and oxygen atoms in total. The largest absolute Gasteiger partial charge is 0.375 e. The maximum Gasteiger partial charge on any atom is 0.0677 e. The Morgan fingerprint density at radius 2 is 1.50 bits per heavy atom. The fourth-order valence-electron chi connectivity index (χ4n) is 1.98. The van der Waals surface area contributed by atoms with Gasteiger partial charge < -0.3 is 4.74 Å². The fourth-order valence-corrected chi connectivity index (χ4v) is 1.98. The van der Waals surface area contributed by atoms with E-state index in [0.29, 0.717) is 0 Å². The molecule has 0 unspecified atom stereocenters. The zero-order chi connectivity index (χ0) is 10.9. The molecule has 0 N–H and O–H groups in total. The van der Waals surface area contributed by atoms with Gasteiger partial charge in [0, 0.05) is 6.61 Å². The van der Waals surface area contributed by atoms with Gasteiger partial charge in [0.15, 0.2) is 0 Å². The highest BCUT2D eigenvalue weighted by Gasteiger charge is 2.25. The van der Waals surface area contributed by atoms with Crippen molar-refractivity contribution >= 4 is 0 Å². The Hall–Kier alpha value is -0.0400. The van der Waals surface area contributed by atoms with E-state index in [1.165, 1.54) is 32.1 Å². The molecule has 0 spiro atoms. The molecule has 0 rings (SSSR count). The lowest BCUT2D eigenvalue weighted by molar-refractivity contribution is -0.0590. The average Bonchev–Trinajstić information content (AvgIpc) is 2.23. The Morgan fingerprint density at radius 3 is 1.93 bits per heavy atom. The van der Waals surface area contributed by atoms with Gasteiger partial charge in [0.2, 0.25) is 0 Å². The zero-order valence-electron chi connectivity index (χ0n) is 10.6. The Balaban J connectivity index is 3.82. The summed E-state index contributed by atoms with van der Waals surface area (Å²) in [7, 11) is 0. The van der Waals surface area contributed by atoms with Crippen LogP contribution in [0.1, 0.15) is 72.6 Å². The van der Waals surface area contributed by atoms with Crippen molar-refractivity contribution in [2.24, 2.45) is 0 Å². The highest BCUT2D eigenvalue weighted by atomic mass is 16.5. The maximum absolute atomic E-state index is 6.07. The fraction of sp³-hybridized carbons (Fsp3) is 1.00. The number of hydrogen-bond acceptors (Lipinski definition) is 1. The summed E-state index contributed by atoms with van der Waals surface area (Å²) < 4.78 is 6.07. The highest BCUT2D eigenvalue weighted by Crippen LogP contribution is 2.26. The van der Waals surface area contributed by atoms with E-state index in [-0.39, 0.29) is 5.60 Å². The molecule has 0 saturated heterocycles. The Morgan fingerprint density at radius 1 is 0.857 bits per heavy atom. The van der Waals surface area contributed by atoms with E-state index in [1.54, 1.807) is 0 Å². The molecule has 14 heavy (non-hydrogen) atoms. The van der Waals surface area contributed by atoms with Crippen molar-refractivity contribution in [2.75, 3.05) is 6.61 Å². The lowest BCUT2D eigenvalue weighted by Gasteiger charge is -2.31. The van der Waals surface area contributed by atoms with Crippen LogP contribution in [0.5, 0.6) is 0 Å². The van der Waals surface area contributed by atoms with E-state index < -0.39 is 0 Å². The monoisotopic (exact) mass is 200 g/mol. The summed E-state index contributed by atoms with van der Waals surface area (Å²) in [5.74, 6) is 0. The molecule has 0 aromatic carbocycles. The summed E-state index contributed by atoms with van der Waals surface area (Å²) in [4.78, 5) is 0. The minimum absolute atomic E-state index is 0.183. The smallest absolute Gasteiger partial charge is 0.0677 e. The van der Waals surface area contributed by atoms with Gasteiger partial charge in [-0.15, -0.1) is 0 Å². The Kier molecular flexibility index (Phi) is 8.26. The third kappa shape index (κ3) is 4.99. The highest BCUT2D eigenvalue weighted by molar-refractivity contribution is 4.76. The first-order chi connectivity index (χ1) is 6.74. The second-order valence-electron chi connectivity index (χ2n) is 4.20. The standard InChI is InChI=1S/C13H28O/c1-5-9-10-12-14-13(7-3,8-4)11-6-2/h5-12H2,1-4H3. The molecule has 0 aliphatic rings. The van der Waals surface area contributed by atoms with E-state index in [9.17, 15) is 0 Å². The second kappa shape index (κ2) is 8.28. The van der Waals surface area contributed by atoms with Crippen molar-refractivity contribution in [3.05, 3.63) is 0 Å². The lowest BCUT2D eigenvalue weighted by atomic mass is 9.92. The Bertz CT molecular complexity index is 116. The molecular formula is C13H28O. The van der Waals surface area contributed by atoms with Crippen molar-refractivity contribution in [3.63, 3.8) is 0 Å². The molecule has 0 aliphatic heterocycles. The molecule has 1 heteroatoms. The van der Waals surface area contributed by atoms with Crippen LogP contribution in [0.25, 0.3) is 0 Å². The molecule has 0 bridgehead atoms. The molecule has 0 aliphatic carbocycles. The third-order valence-electron chi connectivity index (χ3n) is 3.15. The number of hydrogen-bond donors (Lipinski definition) is 0. The zero-order valence-corrected chi connectivity index (χ0v) is 10.6. The summed E-state index contributed by atoms with van der Waals surface area (Å²) in [6.45, 7) is 9.93. The molecule has 0 radical (unpaired) electrons. The van der Waals surface area contributed by atoms with Crippen LogP contribution in [-0.4, -0.2) is 12.2 Å². The van der Waals surface area contributed by atoms with Crippen LogP contribution in [0.4, 0.5) is 0 Å². The normalized spacial score (nSPS) is 12.0. The molecule has 86 valence electrons. The molecular weight excluding hydrogens is 172 g/mol. The molecule has 0 aromatic rings. The van der Waals surface area contributed by atoms with Crippen LogP contribution in [0.2, 0.25) is 0 Å². The molecule has 0 atom stereocenters. The van der Waals surface area contributed by atoms with Crippen molar-refractivity contribution < 1.29 is 4.74 Å². The first kappa shape index (κ1) is 14.0. The third-order valence-corrected chi connectivity index (χ3v) is 3.15. The van der Waals surface area contributed by atoms with Crippen molar-refractivity contribution in [1.29, 1.82) is 0 Å². The SMILES string of the molecule is CCCCCOC(CC)(CC)CCC. The topological polar surface area (TPSA) is 9.23 Å². The van der Waals surface area contributed by atoms with Crippen molar-refractivity contribution in [2.45, 2.75) is 78.2 Å². The van der Waals surface area contributed by atoms with Gasteiger partial charge in [-0.2, -0.15) is 0 Å². The number of rotatable bonds is 9. The van der Waals surface area contributed by atoms with Crippen LogP contribution < -0.4 is 0 Å². The van der Waals surface area contributed by atoms with Crippen LogP contribution in [-0.2, 0) is 4.74 Å². The van der Waals surface area contributed by atoms with Gasteiger partial charge in [-0.05, 0) is 25.7 Å². The minimum atomic E-state index is 0.183. The van der Waals surface area contributed by atoms with Crippen LogP contribution >= 0.6 is 0 Å². The summed E-state index contributed by atoms with van der Waals surface area (Å²) >= 11 is 0. The van der Waals surface area contributed by atoms with Gasteiger partial charge in [-0.1, -0.05) is 47.0 Å². The van der Waals surface area contributed by atoms with E-state index in [1.807, 2.05) is 0 Å². The van der Waals surface area contributed by atoms with Gasteiger partial charge in [0.25, 0.3) is 0 Å². The minimum Gasteiger partial charge on any atom is -0.375 e. The van der Waals surface area contributed by atoms with Gasteiger partial charge in [0.05, 0.1) is 5.60 Å². The molecule has 0 amide bonds. The first-order valence-electron chi connectivity index (χ1n) is 6.38. The van der Waals surface area contributed by atoms with E-state index in [4.69, 9.17) is 4.74 Å². The van der Waals surface area contributed by atoms with Gasteiger partial charge in [-0.3, -0.25) is 0 Å². The molecule has 0 aromatic heterocycles. The summed E-state index contributed by atoms with van der Waals surface area (Å²) in [6, 6.07) is 0. The molecule has 0 saturated carbocycles. The first-order valence-corrected chi connectivity index (χ1v) is 6.38. The number of ether oxygens (including phenoxy) is 1. The van der Waals surface area contributed by atoms with Crippen LogP contribution in [0.3, 0.4) is 0 Å². The van der Waals surface area contributed by atoms with Crippen molar-refractivity contribution in [1.82, 2.24) is 0 Å². The van der Waals surface area contributed by atoms with Gasteiger partial charge >= 0.3 is 0 Å². The van der Waals surface area contributed by atoms with E-state index in [2.05, 4.69) is 27.7 Å². The number of unbranched alkanes of at least 4 members (excludes halogenated alkanes) is 2. The second-order valence-corrected chi connectivity index (χ2v) is 4.20. The molecule has 0 heterocycles. The summed E-state index contributed by atoms with van der Waals surface area (Å²) in [6.07, 6.45) is 8.56. The van der Waals surface area contributed by atoms with Gasteiger partial charge in [-0.25, -0.2) is 0 Å². The predicted octanol–water partition coefficient (Wildman–Crippen LogP) is 4.55. The summed E-state index contributed by atoms with van der Waals surface area (Å²) in [5.41, 5.74) is 0.183. The average molecular weight is 200 g/mol. The lowest BCUT2D eigenvalue weighted by Crippen LogP contribution is -2.31. The van der Waals surface area contributed by atoms with Crippen LogP contribution in [0.15, 0.2) is 0 Å². The quantitative estimate of drug-likeness (QED) is 0.496. The molecule has 0 fully saturated rings. The maximum atomic E-state index is 6.07. The predicted molar refractivity (Wildman–Crippen MR) is 63.7 cm³/mol. The Labute approximate surface area is 90.2 Å². The van der Waals surface area contributed by atoms with Crippen LogP contribution in [0, 0.1) is 0 Å². The van der Waals surface area contributed by atoms with E-state index >= 15 is 0 Å². The van der Waals surface area contributed by atoms with Crippen molar-refractivity contribution in [3.8, 4) is 0 Å².